The fraction of sp³-hybridized carbons (Fsp3) is 0.923. The molecule has 0 aromatic carbocycles. The van der Waals surface area contributed by atoms with Gasteiger partial charge in [0.15, 0.2) is 0 Å². The summed E-state index contributed by atoms with van der Waals surface area (Å²) in [6.45, 7) is 5.20. The van der Waals surface area contributed by atoms with Gasteiger partial charge in [0.2, 0.25) is 5.91 Å². The first kappa shape index (κ1) is 12.8. The quantitative estimate of drug-likeness (QED) is 0.718. The smallest absolute Gasteiger partial charge is 0.236 e. The second-order valence-electron chi connectivity index (χ2n) is 5.46. The zero-order valence-corrected chi connectivity index (χ0v) is 10.8. The Hall–Kier alpha value is -0.610. The lowest BCUT2D eigenvalue weighted by atomic mass is 10.1. The minimum absolute atomic E-state index is 0.0415. The third kappa shape index (κ3) is 3.68. The summed E-state index contributed by atoms with van der Waals surface area (Å²) < 4.78 is 0. The van der Waals surface area contributed by atoms with Gasteiger partial charge in [-0.05, 0) is 38.3 Å². The Morgan fingerprint density at radius 2 is 2.24 bits per heavy atom. The van der Waals surface area contributed by atoms with E-state index in [2.05, 4.69) is 17.1 Å². The summed E-state index contributed by atoms with van der Waals surface area (Å²) in [6, 6.07) is 0.232. The van der Waals surface area contributed by atoms with Crippen LogP contribution < -0.4 is 11.1 Å². The Morgan fingerprint density at radius 1 is 1.47 bits per heavy atom. The van der Waals surface area contributed by atoms with Gasteiger partial charge in [0.25, 0.3) is 0 Å². The molecule has 0 bridgehead atoms. The van der Waals surface area contributed by atoms with Crippen molar-refractivity contribution in [1.82, 2.24) is 10.2 Å². The van der Waals surface area contributed by atoms with E-state index >= 15 is 0 Å². The largest absolute Gasteiger partial charge is 0.353 e. The van der Waals surface area contributed by atoms with Gasteiger partial charge in [-0.15, -0.1) is 0 Å². The lowest BCUT2D eigenvalue weighted by Crippen LogP contribution is -2.46. The molecule has 2 rings (SSSR count). The van der Waals surface area contributed by atoms with E-state index in [1.54, 1.807) is 0 Å². The van der Waals surface area contributed by atoms with Crippen LogP contribution in [0, 0.1) is 5.92 Å². The van der Waals surface area contributed by atoms with Gasteiger partial charge in [0.1, 0.15) is 0 Å². The molecule has 17 heavy (non-hydrogen) atoms. The number of nitrogens with two attached hydrogens (primary N) is 1. The van der Waals surface area contributed by atoms with E-state index in [0.29, 0.717) is 6.04 Å². The number of likely N-dealkylation sites (tertiary alicyclic amines) is 1. The topological polar surface area (TPSA) is 58.4 Å². The summed E-state index contributed by atoms with van der Waals surface area (Å²) in [7, 11) is 0. The molecule has 1 unspecified atom stereocenters. The second-order valence-corrected chi connectivity index (χ2v) is 5.46. The average Bonchev–Trinajstić information content (AvgIpc) is 3.02. The predicted molar refractivity (Wildman–Crippen MR) is 68.6 cm³/mol. The van der Waals surface area contributed by atoms with Gasteiger partial charge in [-0.25, -0.2) is 0 Å². The molecule has 2 atom stereocenters. The second kappa shape index (κ2) is 5.83. The molecule has 1 saturated heterocycles. The summed E-state index contributed by atoms with van der Waals surface area (Å²) in [4.78, 5) is 14.2. The van der Waals surface area contributed by atoms with Crippen LogP contribution in [0.15, 0.2) is 0 Å². The maximum absolute atomic E-state index is 11.8. The summed E-state index contributed by atoms with van der Waals surface area (Å²) in [5.74, 6) is 0.759. The Balaban J connectivity index is 1.67. The highest BCUT2D eigenvalue weighted by Gasteiger charge is 2.28. The van der Waals surface area contributed by atoms with Crippen LogP contribution in [0.3, 0.4) is 0 Å². The van der Waals surface area contributed by atoms with E-state index in [-0.39, 0.29) is 11.9 Å². The third-order valence-electron chi connectivity index (χ3n) is 4.04. The number of carbonyl (C=O) groups is 1. The monoisotopic (exact) mass is 239 g/mol. The molecule has 1 aliphatic heterocycles. The highest BCUT2D eigenvalue weighted by Crippen LogP contribution is 2.33. The van der Waals surface area contributed by atoms with Crippen LogP contribution in [0.25, 0.3) is 0 Å². The minimum atomic E-state index is -0.293. The van der Waals surface area contributed by atoms with Gasteiger partial charge in [0.05, 0.1) is 6.04 Å². The molecule has 1 saturated carbocycles. The number of rotatable bonds is 6. The molecule has 0 spiro atoms. The van der Waals surface area contributed by atoms with Crippen molar-refractivity contribution in [1.29, 1.82) is 0 Å². The van der Waals surface area contributed by atoms with Crippen LogP contribution in [0.2, 0.25) is 0 Å². The average molecular weight is 239 g/mol. The van der Waals surface area contributed by atoms with Crippen LogP contribution in [-0.4, -0.2) is 42.5 Å². The molecule has 0 aromatic heterocycles. The highest BCUT2D eigenvalue weighted by molar-refractivity contribution is 5.81. The van der Waals surface area contributed by atoms with Crippen molar-refractivity contribution in [3.8, 4) is 0 Å². The number of amides is 1. The fourth-order valence-electron chi connectivity index (χ4n) is 2.71. The first-order valence-electron chi connectivity index (χ1n) is 6.98. The first-order valence-corrected chi connectivity index (χ1v) is 6.98. The molecular formula is C13H25N3O. The van der Waals surface area contributed by atoms with Crippen molar-refractivity contribution >= 4 is 5.91 Å². The molecule has 0 radical (unpaired) electrons. The fourth-order valence-corrected chi connectivity index (χ4v) is 2.71. The third-order valence-corrected chi connectivity index (χ3v) is 4.04. The van der Waals surface area contributed by atoms with E-state index in [9.17, 15) is 4.79 Å². The van der Waals surface area contributed by atoms with Crippen molar-refractivity contribution in [3.63, 3.8) is 0 Å². The van der Waals surface area contributed by atoms with Crippen LogP contribution >= 0.6 is 0 Å². The van der Waals surface area contributed by atoms with Crippen molar-refractivity contribution in [3.05, 3.63) is 0 Å². The lowest BCUT2D eigenvalue weighted by Gasteiger charge is -2.23. The van der Waals surface area contributed by atoms with Crippen molar-refractivity contribution in [2.75, 3.05) is 19.6 Å². The van der Waals surface area contributed by atoms with E-state index in [1.165, 1.54) is 32.2 Å². The van der Waals surface area contributed by atoms with Crippen LogP contribution in [0.5, 0.6) is 0 Å². The lowest BCUT2D eigenvalue weighted by molar-refractivity contribution is -0.122. The van der Waals surface area contributed by atoms with Crippen molar-refractivity contribution in [2.24, 2.45) is 11.7 Å². The molecule has 2 fully saturated rings. The highest BCUT2D eigenvalue weighted by atomic mass is 16.2. The Labute approximate surface area is 104 Å². The molecule has 3 N–H and O–H groups in total. The van der Waals surface area contributed by atoms with Crippen molar-refractivity contribution in [2.45, 2.75) is 51.1 Å². The SMILES string of the molecule is CCN1CCCC1CNC(=O)[C@@H](N)CC1CC1. The molecule has 4 heteroatoms. The van der Waals surface area contributed by atoms with Crippen LogP contribution in [0.1, 0.15) is 39.0 Å². The maximum Gasteiger partial charge on any atom is 0.236 e. The zero-order chi connectivity index (χ0) is 12.3. The van der Waals surface area contributed by atoms with Crippen LogP contribution in [-0.2, 0) is 4.79 Å². The van der Waals surface area contributed by atoms with E-state index in [0.717, 1.165) is 25.4 Å². The molecule has 1 heterocycles. The summed E-state index contributed by atoms with van der Waals surface area (Å²) in [5.41, 5.74) is 5.88. The Kier molecular flexibility index (Phi) is 4.40. The minimum Gasteiger partial charge on any atom is -0.353 e. The Bertz CT molecular complexity index is 265. The number of hydrogen-bond donors (Lipinski definition) is 2. The van der Waals surface area contributed by atoms with E-state index in [1.807, 2.05) is 0 Å². The van der Waals surface area contributed by atoms with Crippen LogP contribution in [0.4, 0.5) is 0 Å². The summed E-state index contributed by atoms with van der Waals surface area (Å²) in [6.07, 6.45) is 5.84. The molecule has 1 amide bonds. The standard InChI is InChI=1S/C13H25N3O/c1-2-16-7-3-4-11(16)9-15-13(17)12(14)8-10-5-6-10/h10-12H,2-9,14H2,1H3,(H,15,17)/t11?,12-/m0/s1. The van der Waals surface area contributed by atoms with Gasteiger partial charge in [-0.3, -0.25) is 9.69 Å². The number of hydrogen-bond acceptors (Lipinski definition) is 3. The molecule has 4 nitrogen and oxygen atoms in total. The predicted octanol–water partition coefficient (Wildman–Crippen LogP) is 0.714. The number of carbonyl (C=O) groups excluding carboxylic acids is 1. The molecule has 1 aliphatic carbocycles. The Morgan fingerprint density at radius 3 is 2.88 bits per heavy atom. The van der Waals surface area contributed by atoms with Gasteiger partial charge >= 0.3 is 0 Å². The normalized spacial score (nSPS) is 27.1. The molecular weight excluding hydrogens is 214 g/mol. The zero-order valence-electron chi connectivity index (χ0n) is 10.8. The molecule has 0 aromatic rings. The van der Waals surface area contributed by atoms with Gasteiger partial charge in [-0.1, -0.05) is 19.8 Å². The summed E-state index contributed by atoms with van der Waals surface area (Å²) in [5, 5.41) is 3.02. The number of nitrogens with one attached hydrogen (secondary N) is 1. The number of likely N-dealkylation sites (N-methyl/N-ethyl adjacent to an activating group) is 1. The summed E-state index contributed by atoms with van der Waals surface area (Å²) >= 11 is 0. The van der Waals surface area contributed by atoms with E-state index in [4.69, 9.17) is 5.73 Å². The van der Waals surface area contributed by atoms with E-state index < -0.39 is 0 Å². The van der Waals surface area contributed by atoms with Crippen molar-refractivity contribution < 1.29 is 4.79 Å². The number of nitrogens with zero attached hydrogens (tertiary/aromatic N) is 1. The molecule has 98 valence electrons. The maximum atomic E-state index is 11.8. The van der Waals surface area contributed by atoms with Gasteiger partial charge in [0, 0.05) is 12.6 Å². The first-order chi connectivity index (χ1) is 8.20. The molecule has 2 aliphatic rings. The van der Waals surface area contributed by atoms with Gasteiger partial charge in [-0.2, -0.15) is 0 Å². The van der Waals surface area contributed by atoms with Gasteiger partial charge < -0.3 is 11.1 Å².